The van der Waals surface area contributed by atoms with Crippen molar-refractivity contribution in [3.8, 4) is 0 Å². The minimum Gasteiger partial charge on any atom is -0.437 e. The molecule has 38 heavy (non-hydrogen) atoms. The van der Waals surface area contributed by atoms with Gasteiger partial charge in [-0.3, -0.25) is 4.98 Å². The van der Waals surface area contributed by atoms with E-state index in [9.17, 15) is 4.79 Å². The van der Waals surface area contributed by atoms with Crippen molar-refractivity contribution < 1.29 is 9.53 Å². The first-order chi connectivity index (χ1) is 18.5. The standard InChI is InChI=1S/C32H34N4O2/c1-5-7-19-35-21(3)27(23-13-9-11-15-25(23)35)32(30-29(31(37)38-32)33-17-18-34-30)28-22(4)36(20-8-6-2)26-16-12-10-14-24(26)28/h9-18H,5-8,19-20H2,1-4H3. The summed E-state index contributed by atoms with van der Waals surface area (Å²) in [5.41, 5.74) is 6.11. The van der Waals surface area contributed by atoms with Crippen molar-refractivity contribution in [1.82, 2.24) is 19.1 Å². The molecule has 0 saturated carbocycles. The average molecular weight is 507 g/mol. The zero-order chi connectivity index (χ0) is 26.4. The van der Waals surface area contributed by atoms with Gasteiger partial charge in [-0.2, -0.15) is 0 Å². The third kappa shape index (κ3) is 3.35. The van der Waals surface area contributed by atoms with Crippen LogP contribution in [0.5, 0.6) is 0 Å². The Kier molecular flexibility index (Phi) is 6.05. The highest BCUT2D eigenvalue weighted by atomic mass is 16.6. The largest absolute Gasteiger partial charge is 0.437 e. The molecular formula is C32H34N4O2. The number of benzene rings is 2. The van der Waals surface area contributed by atoms with Gasteiger partial charge < -0.3 is 13.9 Å². The van der Waals surface area contributed by atoms with E-state index in [1.807, 2.05) is 0 Å². The minimum atomic E-state index is -1.21. The number of para-hydroxylation sites is 2. The van der Waals surface area contributed by atoms with E-state index in [0.29, 0.717) is 11.4 Å². The molecule has 0 fully saturated rings. The maximum absolute atomic E-state index is 13.5. The van der Waals surface area contributed by atoms with Crippen LogP contribution in [-0.4, -0.2) is 25.1 Å². The van der Waals surface area contributed by atoms with Gasteiger partial charge in [0.25, 0.3) is 0 Å². The van der Waals surface area contributed by atoms with Crippen LogP contribution in [0.4, 0.5) is 0 Å². The van der Waals surface area contributed by atoms with Gasteiger partial charge >= 0.3 is 5.97 Å². The fourth-order valence-electron chi connectivity index (χ4n) is 6.40. The minimum absolute atomic E-state index is 0.294. The van der Waals surface area contributed by atoms with Crippen LogP contribution in [0.1, 0.15) is 78.2 Å². The van der Waals surface area contributed by atoms with Gasteiger partial charge in [-0.1, -0.05) is 63.1 Å². The summed E-state index contributed by atoms with van der Waals surface area (Å²) >= 11 is 0. The molecule has 2 aromatic carbocycles. The Bertz CT molecular complexity index is 1580. The van der Waals surface area contributed by atoms with Gasteiger partial charge in [-0.05, 0) is 38.8 Å². The van der Waals surface area contributed by atoms with Gasteiger partial charge in [0.15, 0.2) is 5.69 Å². The number of fused-ring (bicyclic) bond motifs is 3. The highest BCUT2D eigenvalue weighted by Gasteiger charge is 2.55. The van der Waals surface area contributed by atoms with Crippen molar-refractivity contribution in [3.63, 3.8) is 0 Å². The Morgan fingerprint density at radius 1 is 0.763 bits per heavy atom. The van der Waals surface area contributed by atoms with Crippen molar-refractivity contribution in [2.75, 3.05) is 0 Å². The Morgan fingerprint density at radius 3 is 1.79 bits per heavy atom. The molecule has 0 unspecified atom stereocenters. The van der Waals surface area contributed by atoms with E-state index in [4.69, 9.17) is 9.72 Å². The Labute approximate surface area is 223 Å². The molecule has 0 spiro atoms. The lowest BCUT2D eigenvalue weighted by Crippen LogP contribution is -2.32. The van der Waals surface area contributed by atoms with Crippen LogP contribution < -0.4 is 0 Å². The fraction of sp³-hybridized carbons (Fsp3) is 0.344. The number of ether oxygens (including phenoxy) is 1. The molecule has 0 amide bonds. The maximum Gasteiger partial charge on any atom is 0.360 e. The van der Waals surface area contributed by atoms with E-state index in [2.05, 4.69) is 90.3 Å². The van der Waals surface area contributed by atoms with Crippen molar-refractivity contribution in [1.29, 1.82) is 0 Å². The second-order valence-corrected chi connectivity index (χ2v) is 10.3. The first kappa shape index (κ1) is 24.4. The predicted molar refractivity (Wildman–Crippen MR) is 150 cm³/mol. The molecule has 1 aliphatic heterocycles. The first-order valence-corrected chi connectivity index (χ1v) is 13.8. The lowest BCUT2D eigenvalue weighted by Gasteiger charge is -2.30. The highest BCUT2D eigenvalue weighted by molar-refractivity contribution is 5.99. The van der Waals surface area contributed by atoms with E-state index in [-0.39, 0.29) is 0 Å². The fourth-order valence-corrected chi connectivity index (χ4v) is 6.40. The summed E-state index contributed by atoms with van der Waals surface area (Å²) in [5.74, 6) is -0.428. The van der Waals surface area contributed by atoms with E-state index in [0.717, 1.165) is 83.1 Å². The van der Waals surface area contributed by atoms with Crippen LogP contribution in [0.2, 0.25) is 0 Å². The maximum atomic E-state index is 13.5. The van der Waals surface area contributed by atoms with Gasteiger partial charge in [0, 0.05) is 69.8 Å². The van der Waals surface area contributed by atoms with Crippen LogP contribution >= 0.6 is 0 Å². The van der Waals surface area contributed by atoms with Gasteiger partial charge in [0.05, 0.1) is 0 Å². The van der Waals surface area contributed by atoms with Gasteiger partial charge in [-0.15, -0.1) is 0 Å². The number of cyclic esters (lactones) is 1. The van der Waals surface area contributed by atoms with Crippen LogP contribution in [0, 0.1) is 13.8 Å². The molecule has 0 saturated heterocycles. The topological polar surface area (TPSA) is 61.9 Å². The van der Waals surface area contributed by atoms with Gasteiger partial charge in [-0.25, -0.2) is 9.78 Å². The van der Waals surface area contributed by atoms with Crippen molar-refractivity contribution in [3.05, 3.63) is 94.8 Å². The number of aryl methyl sites for hydroxylation is 2. The van der Waals surface area contributed by atoms with E-state index < -0.39 is 11.6 Å². The smallest absolute Gasteiger partial charge is 0.360 e. The van der Waals surface area contributed by atoms with Crippen LogP contribution in [0.15, 0.2) is 60.9 Å². The predicted octanol–water partition coefficient (Wildman–Crippen LogP) is 7.07. The zero-order valence-electron chi connectivity index (χ0n) is 22.6. The summed E-state index contributed by atoms with van der Waals surface area (Å²) in [7, 11) is 0. The SMILES string of the molecule is CCCCn1c(C)c(C2(c3c(C)n(CCCC)c4ccccc34)OC(=O)c3nccnc32)c2ccccc21. The summed E-state index contributed by atoms with van der Waals surface area (Å²) in [6.45, 7) is 10.5. The highest BCUT2D eigenvalue weighted by Crippen LogP contribution is 2.52. The molecule has 4 heterocycles. The lowest BCUT2D eigenvalue weighted by atomic mass is 9.80. The number of hydrogen-bond acceptors (Lipinski definition) is 4. The third-order valence-corrected chi connectivity index (χ3v) is 8.11. The Morgan fingerprint density at radius 2 is 1.26 bits per heavy atom. The van der Waals surface area contributed by atoms with Crippen LogP contribution in [0.25, 0.3) is 21.8 Å². The third-order valence-electron chi connectivity index (χ3n) is 8.11. The molecule has 0 bridgehead atoms. The van der Waals surface area contributed by atoms with E-state index >= 15 is 0 Å². The number of unbranched alkanes of at least 4 members (excludes halogenated alkanes) is 2. The zero-order valence-corrected chi connectivity index (χ0v) is 22.6. The monoisotopic (exact) mass is 506 g/mol. The number of aromatic nitrogens is 4. The summed E-state index contributed by atoms with van der Waals surface area (Å²) in [6.07, 6.45) is 7.58. The number of hydrogen-bond donors (Lipinski definition) is 0. The molecule has 6 rings (SSSR count). The molecule has 5 aromatic rings. The molecule has 3 aromatic heterocycles. The van der Waals surface area contributed by atoms with Gasteiger partial charge in [0.1, 0.15) is 5.69 Å². The number of esters is 1. The molecular weight excluding hydrogens is 472 g/mol. The number of carbonyl (C=O) groups is 1. The average Bonchev–Trinajstić information content (AvgIpc) is 3.50. The van der Waals surface area contributed by atoms with E-state index in [1.165, 1.54) is 0 Å². The molecule has 0 radical (unpaired) electrons. The quantitative estimate of drug-likeness (QED) is 0.211. The summed E-state index contributed by atoms with van der Waals surface area (Å²) in [6, 6.07) is 16.9. The number of nitrogens with zero attached hydrogens (tertiary/aromatic N) is 4. The molecule has 6 nitrogen and oxygen atoms in total. The molecule has 0 aliphatic carbocycles. The second-order valence-electron chi connectivity index (χ2n) is 10.3. The summed E-state index contributed by atoms with van der Waals surface area (Å²) in [5, 5.41) is 2.16. The first-order valence-electron chi connectivity index (χ1n) is 13.8. The lowest BCUT2D eigenvalue weighted by molar-refractivity contribution is 0.0245. The van der Waals surface area contributed by atoms with Crippen LogP contribution in [0.3, 0.4) is 0 Å². The van der Waals surface area contributed by atoms with Crippen molar-refractivity contribution in [2.24, 2.45) is 0 Å². The molecule has 0 atom stereocenters. The van der Waals surface area contributed by atoms with Crippen molar-refractivity contribution >= 4 is 27.8 Å². The molecule has 194 valence electrons. The Balaban J connectivity index is 1.78. The molecule has 0 N–H and O–H groups in total. The molecule has 1 aliphatic rings. The normalized spacial score (nSPS) is 14.4. The second kappa shape index (κ2) is 9.43. The van der Waals surface area contributed by atoms with Gasteiger partial charge in [0.2, 0.25) is 5.60 Å². The van der Waals surface area contributed by atoms with Crippen LogP contribution in [-0.2, 0) is 23.4 Å². The summed E-state index contributed by atoms with van der Waals surface area (Å²) < 4.78 is 11.4. The van der Waals surface area contributed by atoms with E-state index in [1.54, 1.807) is 12.4 Å². The summed E-state index contributed by atoms with van der Waals surface area (Å²) in [4.78, 5) is 22.8. The number of rotatable bonds is 8. The Hall–Kier alpha value is -3.93. The molecule has 6 heteroatoms. The number of carbonyl (C=O) groups excluding carboxylic acids is 1. The van der Waals surface area contributed by atoms with Crippen molar-refractivity contribution in [2.45, 2.75) is 72.1 Å².